The van der Waals surface area contributed by atoms with Crippen LogP contribution < -0.4 is 0 Å². The molecule has 1 fully saturated rings. The molecule has 0 bridgehead atoms. The van der Waals surface area contributed by atoms with Gasteiger partial charge in [-0.2, -0.15) is 0 Å². The van der Waals surface area contributed by atoms with Gasteiger partial charge < -0.3 is 9.84 Å². The van der Waals surface area contributed by atoms with E-state index < -0.39 is 5.60 Å². The summed E-state index contributed by atoms with van der Waals surface area (Å²) in [5.41, 5.74) is 1.96. The van der Waals surface area contributed by atoms with Crippen LogP contribution in [0.4, 0.5) is 0 Å². The predicted octanol–water partition coefficient (Wildman–Crippen LogP) is 3.72. The van der Waals surface area contributed by atoms with Crippen molar-refractivity contribution in [1.82, 2.24) is 4.90 Å². The van der Waals surface area contributed by atoms with Gasteiger partial charge in [-0.15, -0.1) is 0 Å². The van der Waals surface area contributed by atoms with Crippen LogP contribution in [0.25, 0.3) is 0 Å². The molecular formula is C20H22BrNO3. The summed E-state index contributed by atoms with van der Waals surface area (Å²) in [5, 5.41) is 10.9. The Labute approximate surface area is 156 Å². The number of methoxy groups -OCH3 is 1. The van der Waals surface area contributed by atoms with Crippen LogP contribution in [0.1, 0.15) is 34.3 Å². The standard InChI is InChI=1S/C20H22BrNO3/c1-25-19(23)16-4-2-15(3-5-16)14-22-12-10-20(24,11-13-22)17-6-8-18(21)9-7-17/h2-9,24H,10-14H2,1H3. The number of piperidine rings is 1. The molecule has 4 nitrogen and oxygen atoms in total. The van der Waals surface area contributed by atoms with Crippen LogP contribution in [0, 0.1) is 0 Å². The minimum Gasteiger partial charge on any atom is -0.465 e. The van der Waals surface area contributed by atoms with E-state index in [2.05, 4.69) is 20.8 Å². The highest BCUT2D eigenvalue weighted by Gasteiger charge is 2.33. The summed E-state index contributed by atoms with van der Waals surface area (Å²) >= 11 is 3.43. The fraction of sp³-hybridized carbons (Fsp3) is 0.350. The van der Waals surface area contributed by atoms with Crippen molar-refractivity contribution in [2.45, 2.75) is 25.0 Å². The van der Waals surface area contributed by atoms with Crippen molar-refractivity contribution in [3.8, 4) is 0 Å². The molecule has 0 amide bonds. The molecule has 0 radical (unpaired) electrons. The van der Waals surface area contributed by atoms with Gasteiger partial charge in [0.25, 0.3) is 0 Å². The SMILES string of the molecule is COC(=O)c1ccc(CN2CCC(O)(c3ccc(Br)cc3)CC2)cc1. The molecular weight excluding hydrogens is 382 g/mol. The van der Waals surface area contributed by atoms with E-state index in [0.717, 1.165) is 48.1 Å². The summed E-state index contributed by atoms with van der Waals surface area (Å²) in [6, 6.07) is 15.4. The lowest BCUT2D eigenvalue weighted by Gasteiger charge is -2.38. The van der Waals surface area contributed by atoms with Gasteiger partial charge in [0.05, 0.1) is 18.3 Å². The Morgan fingerprint density at radius 3 is 2.28 bits per heavy atom. The monoisotopic (exact) mass is 403 g/mol. The Morgan fingerprint density at radius 1 is 1.12 bits per heavy atom. The van der Waals surface area contributed by atoms with Gasteiger partial charge in [0, 0.05) is 24.1 Å². The fourth-order valence-electron chi connectivity index (χ4n) is 3.25. The first kappa shape index (κ1) is 18.1. The van der Waals surface area contributed by atoms with Crippen molar-refractivity contribution in [2.24, 2.45) is 0 Å². The molecule has 0 aliphatic carbocycles. The minimum atomic E-state index is -0.744. The fourth-order valence-corrected chi connectivity index (χ4v) is 3.52. The third-order valence-electron chi connectivity index (χ3n) is 4.85. The summed E-state index contributed by atoms with van der Waals surface area (Å²) in [7, 11) is 1.39. The van der Waals surface area contributed by atoms with E-state index in [-0.39, 0.29) is 5.97 Å². The number of rotatable bonds is 4. The minimum absolute atomic E-state index is 0.316. The molecule has 0 aromatic heterocycles. The molecule has 1 aliphatic heterocycles. The van der Waals surface area contributed by atoms with Crippen molar-refractivity contribution in [3.63, 3.8) is 0 Å². The molecule has 5 heteroatoms. The Bertz CT molecular complexity index is 720. The maximum atomic E-state index is 11.5. The van der Waals surface area contributed by atoms with Crippen LogP contribution >= 0.6 is 15.9 Å². The number of carbonyl (C=O) groups is 1. The van der Waals surface area contributed by atoms with Gasteiger partial charge in [-0.1, -0.05) is 40.2 Å². The molecule has 1 aliphatic rings. The maximum Gasteiger partial charge on any atom is 0.337 e. The third kappa shape index (κ3) is 4.29. The number of esters is 1. The van der Waals surface area contributed by atoms with Crippen molar-refractivity contribution >= 4 is 21.9 Å². The number of hydrogen-bond donors (Lipinski definition) is 1. The van der Waals surface area contributed by atoms with Crippen LogP contribution in [-0.4, -0.2) is 36.2 Å². The van der Waals surface area contributed by atoms with Gasteiger partial charge in [0.1, 0.15) is 0 Å². The number of carbonyl (C=O) groups excluding carboxylic acids is 1. The summed E-state index contributed by atoms with van der Waals surface area (Å²) < 4.78 is 5.74. The van der Waals surface area contributed by atoms with E-state index in [1.807, 2.05) is 36.4 Å². The number of nitrogens with zero attached hydrogens (tertiary/aromatic N) is 1. The first-order valence-electron chi connectivity index (χ1n) is 8.38. The van der Waals surface area contributed by atoms with Crippen molar-refractivity contribution in [1.29, 1.82) is 0 Å². The number of hydrogen-bond acceptors (Lipinski definition) is 4. The number of aliphatic hydroxyl groups is 1. The average molecular weight is 404 g/mol. The molecule has 1 N–H and O–H groups in total. The number of likely N-dealkylation sites (tertiary alicyclic amines) is 1. The molecule has 0 spiro atoms. The molecule has 3 rings (SSSR count). The first-order valence-corrected chi connectivity index (χ1v) is 9.17. The summed E-state index contributed by atoms with van der Waals surface area (Å²) in [6.07, 6.45) is 1.43. The van der Waals surface area contributed by atoms with Gasteiger partial charge in [-0.3, -0.25) is 4.90 Å². The van der Waals surface area contributed by atoms with Crippen LogP contribution in [0.3, 0.4) is 0 Å². The average Bonchev–Trinajstić information content (AvgIpc) is 2.64. The summed E-state index contributed by atoms with van der Waals surface area (Å²) in [5.74, 6) is -0.316. The molecule has 1 heterocycles. The summed E-state index contributed by atoms with van der Waals surface area (Å²) in [6.45, 7) is 2.49. The molecule has 0 saturated carbocycles. The first-order chi connectivity index (χ1) is 12.0. The molecule has 25 heavy (non-hydrogen) atoms. The Balaban J connectivity index is 1.59. The van der Waals surface area contributed by atoms with Gasteiger partial charge in [0.2, 0.25) is 0 Å². The van der Waals surface area contributed by atoms with E-state index in [9.17, 15) is 9.90 Å². The van der Waals surface area contributed by atoms with Gasteiger partial charge in [-0.05, 0) is 48.2 Å². The molecule has 1 saturated heterocycles. The lowest BCUT2D eigenvalue weighted by atomic mass is 9.84. The van der Waals surface area contributed by atoms with Crippen LogP contribution in [0.2, 0.25) is 0 Å². The Morgan fingerprint density at radius 2 is 1.72 bits per heavy atom. The number of halogens is 1. The molecule has 0 unspecified atom stereocenters. The highest BCUT2D eigenvalue weighted by Crippen LogP contribution is 2.33. The second-order valence-corrected chi connectivity index (χ2v) is 7.42. The van der Waals surface area contributed by atoms with E-state index in [4.69, 9.17) is 4.74 Å². The van der Waals surface area contributed by atoms with E-state index in [0.29, 0.717) is 5.56 Å². The van der Waals surface area contributed by atoms with Crippen LogP contribution in [0.5, 0.6) is 0 Å². The molecule has 132 valence electrons. The third-order valence-corrected chi connectivity index (χ3v) is 5.37. The molecule has 2 aromatic carbocycles. The zero-order valence-electron chi connectivity index (χ0n) is 14.2. The molecule has 2 aromatic rings. The second kappa shape index (κ2) is 7.68. The second-order valence-electron chi connectivity index (χ2n) is 6.50. The maximum absolute atomic E-state index is 11.5. The normalized spacial score (nSPS) is 17.2. The quantitative estimate of drug-likeness (QED) is 0.790. The summed E-state index contributed by atoms with van der Waals surface area (Å²) in [4.78, 5) is 13.8. The van der Waals surface area contributed by atoms with Crippen molar-refractivity contribution in [2.75, 3.05) is 20.2 Å². The number of benzene rings is 2. The lowest BCUT2D eigenvalue weighted by molar-refractivity contribution is -0.0277. The highest BCUT2D eigenvalue weighted by molar-refractivity contribution is 9.10. The lowest BCUT2D eigenvalue weighted by Crippen LogP contribution is -2.42. The van der Waals surface area contributed by atoms with E-state index in [1.54, 1.807) is 12.1 Å². The zero-order chi connectivity index (χ0) is 17.9. The van der Waals surface area contributed by atoms with Gasteiger partial charge in [-0.25, -0.2) is 4.79 Å². The van der Waals surface area contributed by atoms with Crippen LogP contribution in [-0.2, 0) is 16.9 Å². The Kier molecular flexibility index (Phi) is 5.57. The van der Waals surface area contributed by atoms with E-state index >= 15 is 0 Å². The van der Waals surface area contributed by atoms with Crippen molar-refractivity contribution in [3.05, 3.63) is 69.7 Å². The van der Waals surface area contributed by atoms with Crippen molar-refractivity contribution < 1.29 is 14.6 Å². The zero-order valence-corrected chi connectivity index (χ0v) is 15.8. The topological polar surface area (TPSA) is 49.8 Å². The number of ether oxygens (including phenoxy) is 1. The van der Waals surface area contributed by atoms with Gasteiger partial charge >= 0.3 is 5.97 Å². The van der Waals surface area contributed by atoms with Crippen LogP contribution in [0.15, 0.2) is 53.0 Å². The predicted molar refractivity (Wildman–Crippen MR) is 100 cm³/mol. The van der Waals surface area contributed by atoms with Gasteiger partial charge in [0.15, 0.2) is 0 Å². The largest absolute Gasteiger partial charge is 0.465 e. The highest BCUT2D eigenvalue weighted by atomic mass is 79.9. The Hall–Kier alpha value is -1.69. The van der Waals surface area contributed by atoms with E-state index in [1.165, 1.54) is 7.11 Å². The smallest absolute Gasteiger partial charge is 0.337 e. The molecule has 0 atom stereocenters.